The smallest absolute Gasteiger partial charge is 0.365 e. The Balaban J connectivity index is 1.86. The number of oxime groups is 1. The fourth-order valence-corrected chi connectivity index (χ4v) is 3.42. The van der Waals surface area contributed by atoms with Crippen molar-refractivity contribution in [2.24, 2.45) is 5.16 Å². The molecule has 1 aliphatic rings. The Labute approximate surface area is 171 Å². The second kappa shape index (κ2) is 9.12. The minimum absolute atomic E-state index is 0.286. The van der Waals surface area contributed by atoms with Crippen LogP contribution in [0.25, 0.3) is 0 Å². The highest BCUT2D eigenvalue weighted by molar-refractivity contribution is 5.94. The van der Waals surface area contributed by atoms with Crippen LogP contribution in [0, 0.1) is 20.2 Å². The predicted octanol–water partition coefficient (Wildman–Crippen LogP) is 4.38. The summed E-state index contributed by atoms with van der Waals surface area (Å²) >= 11 is 0. The number of carbonyl (C=O) groups is 1. The van der Waals surface area contributed by atoms with E-state index in [1.54, 1.807) is 24.3 Å². The van der Waals surface area contributed by atoms with E-state index in [2.05, 4.69) is 5.16 Å². The van der Waals surface area contributed by atoms with E-state index >= 15 is 0 Å². The van der Waals surface area contributed by atoms with Gasteiger partial charge >= 0.3 is 5.97 Å². The summed E-state index contributed by atoms with van der Waals surface area (Å²) in [6.07, 6.45) is 2.69. The van der Waals surface area contributed by atoms with Gasteiger partial charge in [0, 0.05) is 17.5 Å². The van der Waals surface area contributed by atoms with Gasteiger partial charge in [-0.2, -0.15) is 0 Å². The lowest BCUT2D eigenvalue weighted by atomic mass is 9.81. The molecule has 156 valence electrons. The van der Waals surface area contributed by atoms with Crippen molar-refractivity contribution in [1.29, 1.82) is 0 Å². The SMILES string of the molecule is COc1ccc(C(=O)O/N=C2/CCCCC2c2ccc([N+](=O)[O-])cc2[N+](=O)[O-])cc1. The Morgan fingerprint density at radius 2 is 1.80 bits per heavy atom. The predicted molar refractivity (Wildman–Crippen MR) is 107 cm³/mol. The zero-order valence-corrected chi connectivity index (χ0v) is 16.1. The van der Waals surface area contributed by atoms with Crippen LogP contribution in [-0.2, 0) is 4.84 Å². The van der Waals surface area contributed by atoms with Gasteiger partial charge in [0.05, 0.1) is 34.3 Å². The standard InChI is InChI=1S/C20H19N3O7/c1-29-15-9-6-13(7-10-15)20(24)30-21-18-5-3-2-4-16(18)17-11-8-14(22(25)26)12-19(17)23(27)28/h6-12,16H,2-5H2,1H3/b21-18-. The van der Waals surface area contributed by atoms with Crippen molar-refractivity contribution in [3.8, 4) is 5.75 Å². The third-order valence-electron chi connectivity index (χ3n) is 4.95. The van der Waals surface area contributed by atoms with Crippen LogP contribution in [-0.4, -0.2) is 28.6 Å². The number of methoxy groups -OCH3 is 1. The van der Waals surface area contributed by atoms with Crippen molar-refractivity contribution < 1.29 is 24.2 Å². The van der Waals surface area contributed by atoms with E-state index in [0.29, 0.717) is 29.9 Å². The molecule has 0 N–H and O–H groups in total. The molecule has 0 heterocycles. The summed E-state index contributed by atoms with van der Waals surface area (Å²) in [7, 11) is 1.51. The molecule has 1 fully saturated rings. The molecule has 1 saturated carbocycles. The fourth-order valence-electron chi connectivity index (χ4n) is 3.42. The van der Waals surface area contributed by atoms with Crippen molar-refractivity contribution in [3.05, 3.63) is 73.8 Å². The summed E-state index contributed by atoms with van der Waals surface area (Å²) in [6.45, 7) is 0. The lowest BCUT2D eigenvalue weighted by Gasteiger charge is -2.23. The van der Waals surface area contributed by atoms with Crippen molar-refractivity contribution in [1.82, 2.24) is 0 Å². The number of benzene rings is 2. The van der Waals surface area contributed by atoms with E-state index < -0.39 is 21.7 Å². The Hall–Kier alpha value is -3.82. The average Bonchev–Trinajstić information content (AvgIpc) is 2.77. The van der Waals surface area contributed by atoms with Gasteiger partial charge in [0.1, 0.15) is 5.75 Å². The Bertz CT molecular complexity index is 1000. The molecule has 10 nitrogen and oxygen atoms in total. The van der Waals surface area contributed by atoms with Crippen molar-refractivity contribution in [3.63, 3.8) is 0 Å². The van der Waals surface area contributed by atoms with Crippen LogP contribution in [0.5, 0.6) is 5.75 Å². The number of hydrogen-bond acceptors (Lipinski definition) is 8. The molecule has 0 aromatic heterocycles. The van der Waals surface area contributed by atoms with Crippen molar-refractivity contribution >= 4 is 23.1 Å². The molecule has 10 heteroatoms. The Morgan fingerprint density at radius 1 is 1.07 bits per heavy atom. The van der Waals surface area contributed by atoms with Crippen LogP contribution >= 0.6 is 0 Å². The average molecular weight is 413 g/mol. The number of nitro benzene ring substituents is 2. The van der Waals surface area contributed by atoms with Crippen LogP contribution < -0.4 is 4.74 Å². The number of ether oxygens (including phenoxy) is 1. The summed E-state index contributed by atoms with van der Waals surface area (Å²) in [5.74, 6) is -0.521. The normalized spacial score (nSPS) is 17.4. The molecule has 0 bridgehead atoms. The Kier molecular flexibility index (Phi) is 6.35. The second-order valence-electron chi connectivity index (χ2n) is 6.75. The largest absolute Gasteiger partial charge is 0.497 e. The molecule has 30 heavy (non-hydrogen) atoms. The quantitative estimate of drug-likeness (QED) is 0.389. The van der Waals surface area contributed by atoms with Crippen molar-refractivity contribution in [2.45, 2.75) is 31.6 Å². The summed E-state index contributed by atoms with van der Waals surface area (Å²) < 4.78 is 5.04. The first kappa shape index (κ1) is 20.9. The highest BCUT2D eigenvalue weighted by Gasteiger charge is 2.31. The molecule has 1 unspecified atom stereocenters. The molecule has 3 rings (SSSR count). The number of non-ortho nitro benzene ring substituents is 1. The van der Waals surface area contributed by atoms with Gasteiger partial charge in [0.15, 0.2) is 0 Å². The lowest BCUT2D eigenvalue weighted by molar-refractivity contribution is -0.394. The molecule has 1 aliphatic carbocycles. The van der Waals surface area contributed by atoms with Gasteiger partial charge in [-0.3, -0.25) is 20.2 Å². The maximum Gasteiger partial charge on any atom is 0.365 e. The minimum Gasteiger partial charge on any atom is -0.497 e. The van der Waals surface area contributed by atoms with Crippen LogP contribution in [0.4, 0.5) is 11.4 Å². The lowest BCUT2D eigenvalue weighted by Crippen LogP contribution is -2.20. The first-order valence-corrected chi connectivity index (χ1v) is 9.25. The van der Waals surface area contributed by atoms with Gasteiger partial charge in [-0.05, 0) is 49.6 Å². The molecular weight excluding hydrogens is 394 g/mol. The van der Waals surface area contributed by atoms with Crippen LogP contribution in [0.2, 0.25) is 0 Å². The second-order valence-corrected chi connectivity index (χ2v) is 6.75. The molecule has 0 aliphatic heterocycles. The first-order valence-electron chi connectivity index (χ1n) is 9.25. The van der Waals surface area contributed by atoms with Gasteiger partial charge in [-0.15, -0.1) is 0 Å². The summed E-state index contributed by atoms with van der Waals surface area (Å²) in [4.78, 5) is 38.5. The minimum atomic E-state index is -0.677. The van der Waals surface area contributed by atoms with Gasteiger partial charge in [0.25, 0.3) is 11.4 Å². The van der Waals surface area contributed by atoms with Crippen LogP contribution in [0.3, 0.4) is 0 Å². The summed E-state index contributed by atoms with van der Waals surface area (Å²) in [5.41, 5.74) is 0.411. The topological polar surface area (TPSA) is 134 Å². The zero-order valence-electron chi connectivity index (χ0n) is 16.1. The number of nitro groups is 2. The van der Waals surface area contributed by atoms with E-state index in [1.165, 1.54) is 19.2 Å². The van der Waals surface area contributed by atoms with E-state index in [0.717, 1.165) is 18.9 Å². The molecule has 1 atom stereocenters. The van der Waals surface area contributed by atoms with E-state index in [-0.39, 0.29) is 16.9 Å². The maximum atomic E-state index is 12.3. The van der Waals surface area contributed by atoms with Crippen molar-refractivity contribution in [2.75, 3.05) is 7.11 Å². The third-order valence-corrected chi connectivity index (χ3v) is 4.95. The van der Waals surface area contributed by atoms with E-state index in [9.17, 15) is 25.0 Å². The summed E-state index contributed by atoms with van der Waals surface area (Å²) in [5, 5.41) is 26.5. The molecule has 2 aromatic carbocycles. The Morgan fingerprint density at radius 3 is 2.43 bits per heavy atom. The van der Waals surface area contributed by atoms with Gasteiger partial charge in [0.2, 0.25) is 0 Å². The maximum absolute atomic E-state index is 12.3. The van der Waals surface area contributed by atoms with Gasteiger partial charge in [-0.1, -0.05) is 11.6 Å². The molecule has 0 spiro atoms. The molecule has 0 radical (unpaired) electrons. The summed E-state index contributed by atoms with van der Waals surface area (Å²) in [6, 6.07) is 9.89. The van der Waals surface area contributed by atoms with E-state index in [1.807, 2.05) is 0 Å². The molecular formula is C20H19N3O7. The van der Waals surface area contributed by atoms with E-state index in [4.69, 9.17) is 9.57 Å². The van der Waals surface area contributed by atoms with Gasteiger partial charge < -0.3 is 9.57 Å². The number of hydrogen-bond donors (Lipinski definition) is 0. The van der Waals surface area contributed by atoms with Crippen LogP contribution in [0.15, 0.2) is 47.6 Å². The van der Waals surface area contributed by atoms with Crippen LogP contribution in [0.1, 0.15) is 47.5 Å². The number of nitrogens with zero attached hydrogens (tertiary/aromatic N) is 3. The number of carbonyl (C=O) groups excluding carboxylic acids is 1. The fraction of sp³-hybridized carbons (Fsp3) is 0.300. The highest BCUT2D eigenvalue weighted by atomic mass is 16.7. The molecule has 2 aromatic rings. The number of rotatable bonds is 6. The highest BCUT2D eigenvalue weighted by Crippen LogP contribution is 2.37. The molecule has 0 saturated heterocycles. The first-order chi connectivity index (χ1) is 14.4. The third kappa shape index (κ3) is 4.59. The monoisotopic (exact) mass is 413 g/mol. The molecule has 0 amide bonds. The van der Waals surface area contributed by atoms with Gasteiger partial charge in [-0.25, -0.2) is 4.79 Å². The zero-order chi connectivity index (χ0) is 21.7.